The Bertz CT molecular complexity index is 1190. The number of carbonyl (C=O) groups is 1. The first-order valence-electron chi connectivity index (χ1n) is 10.4. The van der Waals surface area contributed by atoms with E-state index in [1.807, 2.05) is 54.6 Å². The van der Waals surface area contributed by atoms with Crippen molar-refractivity contribution in [2.45, 2.75) is 19.8 Å². The molecule has 3 aromatic carbocycles. The fraction of sp³-hybridized carbons (Fsp3) is 0.200. The second-order valence-electron chi connectivity index (χ2n) is 7.79. The van der Waals surface area contributed by atoms with Gasteiger partial charge in [0.25, 0.3) is 5.91 Å². The van der Waals surface area contributed by atoms with Crippen molar-refractivity contribution in [3.8, 4) is 11.5 Å². The van der Waals surface area contributed by atoms with Gasteiger partial charge in [0.05, 0.1) is 18.2 Å². The van der Waals surface area contributed by atoms with Crippen molar-refractivity contribution in [1.82, 2.24) is 5.43 Å². The number of rotatable bonds is 9. The van der Waals surface area contributed by atoms with Crippen LogP contribution < -0.4 is 14.5 Å². The van der Waals surface area contributed by atoms with Gasteiger partial charge in [-0.3, -0.25) is 9.10 Å². The molecule has 33 heavy (non-hydrogen) atoms. The Morgan fingerprint density at radius 1 is 0.970 bits per heavy atom. The number of amides is 1. The van der Waals surface area contributed by atoms with Crippen molar-refractivity contribution in [2.75, 3.05) is 17.1 Å². The first kappa shape index (κ1) is 24.0. The summed E-state index contributed by atoms with van der Waals surface area (Å²) in [6.07, 6.45) is 2.57. The number of carbonyl (C=O) groups excluding carboxylic acids is 1. The van der Waals surface area contributed by atoms with Gasteiger partial charge in [-0.15, -0.1) is 0 Å². The maximum Gasteiger partial charge on any atom is 0.260 e. The number of hydrazone groups is 1. The van der Waals surface area contributed by atoms with E-state index in [4.69, 9.17) is 4.74 Å². The van der Waals surface area contributed by atoms with Crippen molar-refractivity contribution in [3.63, 3.8) is 0 Å². The van der Waals surface area contributed by atoms with Crippen LogP contribution in [0.25, 0.3) is 0 Å². The van der Waals surface area contributed by atoms with Gasteiger partial charge in [0.1, 0.15) is 18.0 Å². The molecule has 172 valence electrons. The summed E-state index contributed by atoms with van der Waals surface area (Å²) in [5.74, 6) is 1.09. The highest BCUT2D eigenvalue weighted by Gasteiger charge is 2.20. The van der Waals surface area contributed by atoms with Gasteiger partial charge in [0, 0.05) is 0 Å². The number of sulfonamides is 1. The third-order valence-electron chi connectivity index (χ3n) is 4.80. The SMILES string of the molecule is CC(C)c1ccc(/C=N/NC(=O)CN(c2ccc(Oc3ccccc3)cc2)S(C)(=O)=O)cc1. The minimum atomic E-state index is -3.70. The number of nitrogens with one attached hydrogen (secondary N) is 1. The maximum atomic E-state index is 12.4. The molecular formula is C25H27N3O4S. The molecule has 0 saturated carbocycles. The average molecular weight is 466 g/mol. The van der Waals surface area contributed by atoms with Crippen LogP contribution in [0.1, 0.15) is 30.9 Å². The lowest BCUT2D eigenvalue weighted by molar-refractivity contribution is -0.119. The molecule has 8 heteroatoms. The van der Waals surface area contributed by atoms with Crippen molar-refractivity contribution in [2.24, 2.45) is 5.10 Å². The van der Waals surface area contributed by atoms with E-state index in [0.717, 1.165) is 16.1 Å². The van der Waals surface area contributed by atoms with Crippen LogP contribution in [-0.4, -0.2) is 33.3 Å². The van der Waals surface area contributed by atoms with Crippen molar-refractivity contribution < 1.29 is 17.9 Å². The van der Waals surface area contributed by atoms with Crippen molar-refractivity contribution in [3.05, 3.63) is 90.0 Å². The number of anilines is 1. The van der Waals surface area contributed by atoms with Crippen LogP contribution >= 0.6 is 0 Å². The third kappa shape index (κ3) is 7.18. The van der Waals surface area contributed by atoms with Crippen LogP contribution in [0.15, 0.2) is 84.0 Å². The molecule has 0 unspecified atom stereocenters. The lowest BCUT2D eigenvalue weighted by Gasteiger charge is -2.21. The summed E-state index contributed by atoms with van der Waals surface area (Å²) in [6, 6.07) is 23.5. The topological polar surface area (TPSA) is 88.1 Å². The van der Waals surface area contributed by atoms with Crippen LogP contribution in [0, 0.1) is 0 Å². The van der Waals surface area contributed by atoms with Crippen LogP contribution in [0.5, 0.6) is 11.5 Å². The van der Waals surface area contributed by atoms with E-state index in [1.54, 1.807) is 24.3 Å². The van der Waals surface area contributed by atoms with Crippen LogP contribution in [0.2, 0.25) is 0 Å². The van der Waals surface area contributed by atoms with E-state index in [0.29, 0.717) is 23.1 Å². The zero-order valence-electron chi connectivity index (χ0n) is 18.8. The van der Waals surface area contributed by atoms with Gasteiger partial charge in [-0.2, -0.15) is 5.10 Å². The Kier molecular flexibility index (Phi) is 7.84. The van der Waals surface area contributed by atoms with Crippen LogP contribution in [0.4, 0.5) is 5.69 Å². The van der Waals surface area contributed by atoms with E-state index in [9.17, 15) is 13.2 Å². The third-order valence-corrected chi connectivity index (χ3v) is 5.94. The normalized spacial score (nSPS) is 11.5. The van der Waals surface area contributed by atoms with E-state index < -0.39 is 22.5 Å². The number of ether oxygens (including phenoxy) is 1. The molecule has 3 aromatic rings. The lowest BCUT2D eigenvalue weighted by atomic mass is 10.0. The van der Waals surface area contributed by atoms with Gasteiger partial charge >= 0.3 is 0 Å². The van der Waals surface area contributed by atoms with Gasteiger partial charge in [0.15, 0.2) is 0 Å². The number of nitrogens with zero attached hydrogens (tertiary/aromatic N) is 2. The monoisotopic (exact) mass is 465 g/mol. The molecule has 0 atom stereocenters. The standard InChI is InChI=1S/C25H27N3O4S/c1-19(2)21-11-9-20(10-12-21)17-26-27-25(29)18-28(33(3,30)31)22-13-15-24(16-14-22)32-23-7-5-4-6-8-23/h4-17,19H,18H2,1-3H3,(H,27,29)/b26-17+. The molecule has 0 bridgehead atoms. The minimum absolute atomic E-state index is 0.348. The Balaban J connectivity index is 1.63. The van der Waals surface area contributed by atoms with Gasteiger partial charge in [-0.05, 0) is 53.4 Å². The summed E-state index contributed by atoms with van der Waals surface area (Å²) in [5, 5.41) is 3.94. The Hall–Kier alpha value is -3.65. The molecule has 7 nitrogen and oxygen atoms in total. The highest BCUT2D eigenvalue weighted by molar-refractivity contribution is 7.92. The molecule has 0 heterocycles. The Morgan fingerprint density at radius 2 is 1.58 bits per heavy atom. The van der Waals surface area contributed by atoms with Gasteiger partial charge < -0.3 is 4.74 Å². The molecule has 3 rings (SSSR count). The van der Waals surface area contributed by atoms with E-state index in [2.05, 4.69) is 24.4 Å². The number of para-hydroxylation sites is 1. The van der Waals surface area contributed by atoms with Gasteiger partial charge in [-0.25, -0.2) is 13.8 Å². The molecule has 0 spiro atoms. The summed E-state index contributed by atoms with van der Waals surface area (Å²) in [5.41, 5.74) is 4.77. The first-order valence-corrected chi connectivity index (χ1v) is 12.3. The fourth-order valence-electron chi connectivity index (χ4n) is 3.02. The van der Waals surface area contributed by atoms with E-state index >= 15 is 0 Å². The molecule has 0 saturated heterocycles. The minimum Gasteiger partial charge on any atom is -0.457 e. The first-order chi connectivity index (χ1) is 15.7. The maximum absolute atomic E-state index is 12.4. The van der Waals surface area contributed by atoms with Crippen LogP contribution in [-0.2, 0) is 14.8 Å². The summed E-state index contributed by atoms with van der Waals surface area (Å²) in [7, 11) is -3.70. The molecule has 0 aliphatic carbocycles. The van der Waals surface area contributed by atoms with Crippen LogP contribution in [0.3, 0.4) is 0 Å². The largest absolute Gasteiger partial charge is 0.457 e. The Labute approximate surface area is 194 Å². The molecule has 0 aromatic heterocycles. The summed E-state index contributed by atoms with van der Waals surface area (Å²) < 4.78 is 31.3. The van der Waals surface area contributed by atoms with E-state index in [-0.39, 0.29) is 0 Å². The zero-order valence-corrected chi connectivity index (χ0v) is 19.6. The smallest absolute Gasteiger partial charge is 0.260 e. The number of benzene rings is 3. The molecule has 1 amide bonds. The second-order valence-corrected chi connectivity index (χ2v) is 9.70. The van der Waals surface area contributed by atoms with Crippen molar-refractivity contribution >= 4 is 27.8 Å². The summed E-state index contributed by atoms with van der Waals surface area (Å²) in [4.78, 5) is 12.4. The fourth-order valence-corrected chi connectivity index (χ4v) is 3.87. The quantitative estimate of drug-likeness (QED) is 0.372. The second kappa shape index (κ2) is 10.8. The molecule has 1 N–H and O–H groups in total. The van der Waals surface area contributed by atoms with E-state index in [1.165, 1.54) is 11.8 Å². The Morgan fingerprint density at radius 3 is 2.15 bits per heavy atom. The molecular weight excluding hydrogens is 438 g/mol. The molecule has 0 radical (unpaired) electrons. The predicted octanol–water partition coefficient (Wildman–Crippen LogP) is 4.52. The zero-order chi connectivity index (χ0) is 23.8. The highest BCUT2D eigenvalue weighted by Crippen LogP contribution is 2.25. The van der Waals surface area contributed by atoms with Gasteiger partial charge in [-0.1, -0.05) is 56.3 Å². The highest BCUT2D eigenvalue weighted by atomic mass is 32.2. The lowest BCUT2D eigenvalue weighted by Crippen LogP contribution is -2.38. The number of hydrogen-bond donors (Lipinski definition) is 1. The number of hydrogen-bond acceptors (Lipinski definition) is 5. The average Bonchev–Trinajstić information content (AvgIpc) is 2.78. The molecule has 0 aliphatic heterocycles. The summed E-state index contributed by atoms with van der Waals surface area (Å²) in [6.45, 7) is 3.82. The van der Waals surface area contributed by atoms with Gasteiger partial charge in [0.2, 0.25) is 10.0 Å². The van der Waals surface area contributed by atoms with Crippen molar-refractivity contribution in [1.29, 1.82) is 0 Å². The summed E-state index contributed by atoms with van der Waals surface area (Å²) >= 11 is 0. The molecule has 0 aliphatic rings. The molecule has 0 fully saturated rings. The predicted molar refractivity (Wildman–Crippen MR) is 131 cm³/mol.